The smallest absolute Gasteiger partial charge is 0.326 e. The van der Waals surface area contributed by atoms with E-state index < -0.39 is 41.8 Å². The second kappa shape index (κ2) is 15.1. The summed E-state index contributed by atoms with van der Waals surface area (Å²) in [5.41, 5.74) is 12.6. The van der Waals surface area contributed by atoms with Crippen LogP contribution in [-0.2, 0) is 25.6 Å². The first-order valence-corrected chi connectivity index (χ1v) is 13.3. The lowest BCUT2D eigenvalue weighted by Gasteiger charge is -2.24. The molecule has 3 amide bonds. The molecule has 1 aromatic carbocycles. The van der Waals surface area contributed by atoms with E-state index in [0.29, 0.717) is 31.6 Å². The predicted molar refractivity (Wildman–Crippen MR) is 140 cm³/mol. The molecule has 0 fully saturated rings. The first-order valence-electron chi connectivity index (χ1n) is 11.9. The van der Waals surface area contributed by atoms with Crippen molar-refractivity contribution in [3.8, 4) is 0 Å². The number of H-pyrrole nitrogens is 1. The predicted octanol–water partition coefficient (Wildman–Crippen LogP) is 0.0902. The van der Waals surface area contributed by atoms with Gasteiger partial charge in [0, 0.05) is 23.5 Å². The van der Waals surface area contributed by atoms with Crippen LogP contribution < -0.4 is 27.4 Å². The number of nitrogens with two attached hydrogens (primary N) is 2. The van der Waals surface area contributed by atoms with E-state index >= 15 is 0 Å². The molecule has 0 aliphatic rings. The summed E-state index contributed by atoms with van der Waals surface area (Å²) in [7, 11) is 0. The van der Waals surface area contributed by atoms with Crippen LogP contribution in [0.5, 0.6) is 0 Å². The molecular weight excluding hydrogens is 484 g/mol. The summed E-state index contributed by atoms with van der Waals surface area (Å²) in [6.45, 7) is 0.150. The minimum absolute atomic E-state index is 0.122. The first-order chi connectivity index (χ1) is 17.3. The third-order valence-corrected chi connectivity index (χ3v) is 6.39. The number of hydrogen-bond acceptors (Lipinski definition) is 7. The summed E-state index contributed by atoms with van der Waals surface area (Å²) in [6, 6.07) is 4.47. The zero-order chi connectivity index (χ0) is 26.5. The van der Waals surface area contributed by atoms with E-state index in [1.165, 1.54) is 11.8 Å². The van der Waals surface area contributed by atoms with Crippen molar-refractivity contribution in [1.29, 1.82) is 0 Å². The van der Waals surface area contributed by atoms with Gasteiger partial charge in [0.25, 0.3) is 0 Å². The van der Waals surface area contributed by atoms with Crippen molar-refractivity contribution in [1.82, 2.24) is 20.9 Å². The Labute approximate surface area is 214 Å². The number of aromatic amines is 1. The van der Waals surface area contributed by atoms with E-state index in [9.17, 15) is 24.3 Å². The minimum Gasteiger partial charge on any atom is -0.480 e. The number of carbonyl (C=O) groups excluding carboxylic acids is 3. The van der Waals surface area contributed by atoms with Gasteiger partial charge in [-0.2, -0.15) is 11.8 Å². The number of thioether (sulfide) groups is 1. The summed E-state index contributed by atoms with van der Waals surface area (Å²) in [5, 5.41) is 18.4. The fourth-order valence-electron chi connectivity index (χ4n) is 3.78. The molecular formula is C24H36N6O5S. The number of carbonyl (C=O) groups is 4. The third kappa shape index (κ3) is 8.85. The molecule has 36 heavy (non-hydrogen) atoms. The molecule has 0 radical (unpaired) electrons. The van der Waals surface area contributed by atoms with Crippen molar-refractivity contribution in [2.45, 2.75) is 50.2 Å². The number of amides is 3. The van der Waals surface area contributed by atoms with Gasteiger partial charge in [-0.25, -0.2) is 4.79 Å². The number of hydrogen-bond donors (Lipinski definition) is 7. The Balaban J connectivity index is 2.27. The highest BCUT2D eigenvalue weighted by molar-refractivity contribution is 7.98. The molecule has 0 saturated heterocycles. The molecule has 3 unspecified atom stereocenters. The third-order valence-electron chi connectivity index (χ3n) is 5.74. The Morgan fingerprint density at radius 2 is 1.67 bits per heavy atom. The molecule has 1 heterocycles. The topological polar surface area (TPSA) is 192 Å². The van der Waals surface area contributed by atoms with Crippen molar-refractivity contribution in [3.05, 3.63) is 36.0 Å². The van der Waals surface area contributed by atoms with Gasteiger partial charge in [0.05, 0.1) is 6.54 Å². The molecule has 0 spiro atoms. The number of aromatic nitrogens is 1. The van der Waals surface area contributed by atoms with Crippen LogP contribution in [0.15, 0.2) is 30.5 Å². The fourth-order valence-corrected chi connectivity index (χ4v) is 4.25. The molecule has 9 N–H and O–H groups in total. The second-order valence-electron chi connectivity index (χ2n) is 8.41. The van der Waals surface area contributed by atoms with Crippen LogP contribution >= 0.6 is 11.8 Å². The number of unbranched alkanes of at least 4 members (excludes halogenated alkanes) is 1. The maximum atomic E-state index is 13.3. The van der Waals surface area contributed by atoms with Gasteiger partial charge in [-0.3, -0.25) is 14.4 Å². The summed E-state index contributed by atoms with van der Waals surface area (Å²) < 4.78 is 0. The number of fused-ring (bicyclic) bond motifs is 1. The number of carboxylic acids is 1. The minimum atomic E-state index is -1.16. The largest absolute Gasteiger partial charge is 0.480 e. The monoisotopic (exact) mass is 520 g/mol. The molecule has 0 saturated carbocycles. The van der Waals surface area contributed by atoms with Gasteiger partial charge < -0.3 is 37.5 Å². The number of nitrogens with one attached hydrogen (secondary N) is 4. The van der Waals surface area contributed by atoms with E-state index in [0.717, 1.165) is 16.5 Å². The Morgan fingerprint density at radius 3 is 2.33 bits per heavy atom. The highest BCUT2D eigenvalue weighted by Crippen LogP contribution is 2.19. The van der Waals surface area contributed by atoms with Crippen LogP contribution in [0.2, 0.25) is 0 Å². The van der Waals surface area contributed by atoms with E-state index in [2.05, 4.69) is 20.9 Å². The first kappa shape index (κ1) is 29.1. The molecule has 3 atom stereocenters. The van der Waals surface area contributed by atoms with E-state index in [1.54, 1.807) is 6.20 Å². The molecule has 0 aliphatic heterocycles. The number of carboxylic acid groups (broad SMARTS) is 1. The molecule has 11 nitrogen and oxygen atoms in total. The van der Waals surface area contributed by atoms with Crippen molar-refractivity contribution in [2.24, 2.45) is 11.5 Å². The zero-order valence-corrected chi connectivity index (χ0v) is 21.2. The summed E-state index contributed by atoms with van der Waals surface area (Å²) in [5.74, 6) is -2.21. The standard InChI is InChI=1S/C24H36N6O5S/c1-36-11-9-18(28-21(31)13-26)22(32)30-20(12-15-14-27-17-7-3-2-6-16(15)17)23(33)29-19(24(34)35)8-4-5-10-25/h2-3,6-7,14,18-20,27H,4-5,8-13,25-26H2,1H3,(H,28,31)(H,29,33)(H,30,32)(H,34,35). The lowest BCUT2D eigenvalue weighted by atomic mass is 10.0. The SMILES string of the molecule is CSCCC(NC(=O)CN)C(=O)NC(Cc1c[nH]c2ccccc12)C(=O)NC(CCCCN)C(=O)O. The lowest BCUT2D eigenvalue weighted by molar-refractivity contribution is -0.142. The van der Waals surface area contributed by atoms with Crippen LogP contribution in [0.3, 0.4) is 0 Å². The number of aliphatic carboxylic acids is 1. The van der Waals surface area contributed by atoms with E-state index in [4.69, 9.17) is 11.5 Å². The number of para-hydroxylation sites is 1. The van der Waals surface area contributed by atoms with Crippen molar-refractivity contribution < 1.29 is 24.3 Å². The van der Waals surface area contributed by atoms with Gasteiger partial charge in [0.2, 0.25) is 17.7 Å². The Kier molecular flexibility index (Phi) is 12.2. The average Bonchev–Trinajstić information content (AvgIpc) is 3.27. The Hall–Kier alpha value is -3.09. The molecule has 0 bridgehead atoms. The quantitative estimate of drug-likeness (QED) is 0.151. The number of rotatable bonds is 16. The van der Waals surface area contributed by atoms with Crippen LogP contribution in [-0.4, -0.2) is 77.0 Å². The zero-order valence-electron chi connectivity index (χ0n) is 20.4. The molecule has 2 rings (SSSR count). The molecule has 2 aromatic rings. The Morgan fingerprint density at radius 1 is 0.972 bits per heavy atom. The van der Waals surface area contributed by atoms with Gasteiger partial charge in [0.1, 0.15) is 18.1 Å². The van der Waals surface area contributed by atoms with Gasteiger partial charge >= 0.3 is 5.97 Å². The van der Waals surface area contributed by atoms with Crippen molar-refractivity contribution >= 4 is 46.4 Å². The summed E-state index contributed by atoms with van der Waals surface area (Å²) in [6.07, 6.45) is 5.49. The lowest BCUT2D eigenvalue weighted by Crippen LogP contribution is -2.57. The second-order valence-corrected chi connectivity index (χ2v) is 9.40. The van der Waals surface area contributed by atoms with Crippen LogP contribution in [0.1, 0.15) is 31.2 Å². The summed E-state index contributed by atoms with van der Waals surface area (Å²) in [4.78, 5) is 53.2. The highest BCUT2D eigenvalue weighted by Gasteiger charge is 2.30. The summed E-state index contributed by atoms with van der Waals surface area (Å²) >= 11 is 1.51. The molecule has 1 aromatic heterocycles. The van der Waals surface area contributed by atoms with Gasteiger partial charge in [-0.15, -0.1) is 0 Å². The molecule has 12 heteroatoms. The molecule has 0 aliphatic carbocycles. The molecule has 198 valence electrons. The Bertz CT molecular complexity index is 1030. The van der Waals surface area contributed by atoms with Crippen LogP contribution in [0, 0.1) is 0 Å². The van der Waals surface area contributed by atoms with E-state index in [1.807, 2.05) is 30.5 Å². The normalized spacial score (nSPS) is 13.5. The maximum absolute atomic E-state index is 13.3. The average molecular weight is 521 g/mol. The van der Waals surface area contributed by atoms with E-state index in [-0.39, 0.29) is 19.4 Å². The van der Waals surface area contributed by atoms with Crippen LogP contribution in [0.25, 0.3) is 10.9 Å². The van der Waals surface area contributed by atoms with Crippen LogP contribution in [0.4, 0.5) is 0 Å². The van der Waals surface area contributed by atoms with Crippen molar-refractivity contribution in [3.63, 3.8) is 0 Å². The number of benzene rings is 1. The highest BCUT2D eigenvalue weighted by atomic mass is 32.2. The fraction of sp³-hybridized carbons (Fsp3) is 0.500. The maximum Gasteiger partial charge on any atom is 0.326 e. The van der Waals surface area contributed by atoms with Gasteiger partial charge in [-0.1, -0.05) is 18.2 Å². The van der Waals surface area contributed by atoms with Crippen molar-refractivity contribution in [2.75, 3.05) is 25.1 Å². The van der Waals surface area contributed by atoms with Gasteiger partial charge in [-0.05, 0) is 55.9 Å². The van der Waals surface area contributed by atoms with Gasteiger partial charge in [0.15, 0.2) is 0 Å².